The lowest BCUT2D eigenvalue weighted by molar-refractivity contribution is -0.0407. The summed E-state index contributed by atoms with van der Waals surface area (Å²) in [4.78, 5) is 0. The van der Waals surface area contributed by atoms with E-state index in [-0.39, 0.29) is 6.42 Å². The van der Waals surface area contributed by atoms with Gasteiger partial charge >= 0.3 is 5.38 Å². The van der Waals surface area contributed by atoms with E-state index in [9.17, 15) is 13.9 Å². The fourth-order valence-electron chi connectivity index (χ4n) is 1.51. The van der Waals surface area contributed by atoms with Gasteiger partial charge in [0.15, 0.2) is 0 Å². The number of aliphatic hydroxyl groups excluding tert-OH is 1. The van der Waals surface area contributed by atoms with Crippen molar-refractivity contribution in [1.29, 1.82) is 0 Å². The molecule has 0 bridgehead atoms. The van der Waals surface area contributed by atoms with Gasteiger partial charge in [-0.1, -0.05) is 6.92 Å². The van der Waals surface area contributed by atoms with Crippen LogP contribution < -0.4 is 0 Å². The summed E-state index contributed by atoms with van der Waals surface area (Å²) >= 11 is 8.11. The summed E-state index contributed by atoms with van der Waals surface area (Å²) in [6, 6.07) is 0. The molecule has 1 aromatic heterocycles. The molecule has 1 rings (SSSR count). The molecule has 0 saturated heterocycles. The minimum atomic E-state index is -3.63. The van der Waals surface area contributed by atoms with Crippen LogP contribution in [0.5, 0.6) is 0 Å². The average molecular weight is 332 g/mol. The summed E-state index contributed by atoms with van der Waals surface area (Å²) in [5.41, 5.74) is 1.32. The number of alkyl halides is 3. The molecular formula is C10H14BrClF2N2O. The molecule has 0 amide bonds. The van der Waals surface area contributed by atoms with E-state index in [1.807, 2.05) is 13.8 Å². The molecule has 7 heteroatoms. The zero-order chi connectivity index (χ0) is 13.2. The zero-order valence-electron chi connectivity index (χ0n) is 9.55. The van der Waals surface area contributed by atoms with Crippen molar-refractivity contribution < 1.29 is 13.9 Å². The summed E-state index contributed by atoms with van der Waals surface area (Å²) in [7, 11) is 0. The predicted octanol–water partition coefficient (Wildman–Crippen LogP) is 2.96. The van der Waals surface area contributed by atoms with Crippen LogP contribution in [0.4, 0.5) is 8.78 Å². The van der Waals surface area contributed by atoms with Gasteiger partial charge in [-0.15, -0.1) is 0 Å². The number of rotatable bonds is 5. The third-order valence-electron chi connectivity index (χ3n) is 2.46. The number of hydrogen-bond donors (Lipinski definition) is 1. The maximum Gasteiger partial charge on any atom is 0.347 e. The van der Waals surface area contributed by atoms with Gasteiger partial charge in [0.05, 0.1) is 15.9 Å². The van der Waals surface area contributed by atoms with Crippen molar-refractivity contribution >= 4 is 27.5 Å². The van der Waals surface area contributed by atoms with E-state index in [0.717, 1.165) is 5.69 Å². The molecule has 3 nitrogen and oxygen atoms in total. The van der Waals surface area contributed by atoms with Gasteiger partial charge in [0.2, 0.25) is 0 Å². The molecule has 1 atom stereocenters. The molecule has 0 fully saturated rings. The van der Waals surface area contributed by atoms with Crippen LogP contribution in [0.2, 0.25) is 0 Å². The Labute approximate surface area is 112 Å². The summed E-state index contributed by atoms with van der Waals surface area (Å²) < 4.78 is 27.7. The third kappa shape index (κ3) is 3.39. The minimum absolute atomic E-state index is 0.238. The Morgan fingerprint density at radius 2 is 2.12 bits per heavy atom. The third-order valence-corrected chi connectivity index (χ3v) is 3.63. The molecule has 0 saturated carbocycles. The van der Waals surface area contributed by atoms with Crippen LogP contribution in [0.25, 0.3) is 0 Å². The summed E-state index contributed by atoms with van der Waals surface area (Å²) in [5, 5.41) is 9.94. The Bertz CT molecular complexity index is 392. The highest BCUT2D eigenvalue weighted by atomic mass is 79.9. The van der Waals surface area contributed by atoms with Gasteiger partial charge in [-0.25, -0.2) is 0 Å². The normalized spacial score (nSPS) is 14.1. The van der Waals surface area contributed by atoms with E-state index in [4.69, 9.17) is 11.6 Å². The first-order chi connectivity index (χ1) is 7.81. The van der Waals surface area contributed by atoms with E-state index in [2.05, 4.69) is 21.0 Å². The molecule has 98 valence electrons. The molecule has 1 N–H and O–H groups in total. The maximum atomic E-state index is 12.7. The van der Waals surface area contributed by atoms with Crippen molar-refractivity contribution in [2.75, 3.05) is 0 Å². The first kappa shape index (κ1) is 14.9. The van der Waals surface area contributed by atoms with Crippen molar-refractivity contribution in [2.24, 2.45) is 0 Å². The number of hydrogen-bond acceptors (Lipinski definition) is 2. The molecule has 0 spiro atoms. The van der Waals surface area contributed by atoms with Gasteiger partial charge in [-0.2, -0.15) is 13.9 Å². The van der Waals surface area contributed by atoms with Gasteiger partial charge < -0.3 is 5.11 Å². The smallest absolute Gasteiger partial charge is 0.347 e. The van der Waals surface area contributed by atoms with Crippen molar-refractivity contribution in [3.05, 3.63) is 15.9 Å². The number of nitrogens with zero attached hydrogens (tertiary/aromatic N) is 2. The first-order valence-corrected chi connectivity index (χ1v) is 6.47. The van der Waals surface area contributed by atoms with Gasteiger partial charge in [0.25, 0.3) is 0 Å². The second kappa shape index (κ2) is 5.63. The van der Waals surface area contributed by atoms with E-state index in [1.165, 1.54) is 0 Å². The highest BCUT2D eigenvalue weighted by Gasteiger charge is 2.37. The number of aliphatic hydroxyl groups is 1. The molecule has 17 heavy (non-hydrogen) atoms. The van der Waals surface area contributed by atoms with E-state index in [0.29, 0.717) is 23.1 Å². The quantitative estimate of drug-likeness (QED) is 0.842. The van der Waals surface area contributed by atoms with Crippen LogP contribution in [0, 0.1) is 0 Å². The Morgan fingerprint density at radius 1 is 1.53 bits per heavy atom. The Balaban J connectivity index is 3.01. The van der Waals surface area contributed by atoms with Crippen LogP contribution in [0.15, 0.2) is 4.47 Å². The summed E-state index contributed by atoms with van der Waals surface area (Å²) in [6.45, 7) is 4.32. The standard InChI is InChI=1S/C10H14BrClF2N2O/c1-3-6-9(11)7(16(4-2)15-6)5-8(17)10(12,13)14/h8,17H,3-5H2,1-2H3. The van der Waals surface area contributed by atoms with Crippen molar-refractivity contribution in [2.45, 2.75) is 44.7 Å². The van der Waals surface area contributed by atoms with Gasteiger partial charge in [0.1, 0.15) is 6.10 Å². The minimum Gasteiger partial charge on any atom is -0.385 e. The molecule has 1 aromatic rings. The molecule has 0 aromatic carbocycles. The molecule has 0 radical (unpaired) electrons. The Kier molecular flexibility index (Phi) is 4.92. The molecule has 0 aliphatic rings. The van der Waals surface area contributed by atoms with Crippen LogP contribution in [0.3, 0.4) is 0 Å². The lowest BCUT2D eigenvalue weighted by Crippen LogP contribution is -2.30. The molecule has 1 heterocycles. The van der Waals surface area contributed by atoms with Gasteiger partial charge in [-0.05, 0) is 40.9 Å². The van der Waals surface area contributed by atoms with Crippen LogP contribution in [-0.2, 0) is 19.4 Å². The Hall–Kier alpha value is -0.200. The monoisotopic (exact) mass is 330 g/mol. The SMILES string of the molecule is CCc1nn(CC)c(CC(O)C(F)(F)Cl)c1Br. The largest absolute Gasteiger partial charge is 0.385 e. The van der Waals surface area contributed by atoms with Crippen molar-refractivity contribution in [3.8, 4) is 0 Å². The van der Waals surface area contributed by atoms with Crippen molar-refractivity contribution in [1.82, 2.24) is 9.78 Å². The fraction of sp³-hybridized carbons (Fsp3) is 0.700. The van der Waals surface area contributed by atoms with Crippen LogP contribution in [-0.4, -0.2) is 26.4 Å². The van der Waals surface area contributed by atoms with Crippen molar-refractivity contribution in [3.63, 3.8) is 0 Å². The average Bonchev–Trinajstić information content (AvgIpc) is 2.54. The highest BCUT2D eigenvalue weighted by Crippen LogP contribution is 2.29. The van der Waals surface area contributed by atoms with E-state index >= 15 is 0 Å². The van der Waals surface area contributed by atoms with Crippen LogP contribution in [0.1, 0.15) is 25.2 Å². The van der Waals surface area contributed by atoms with Crippen LogP contribution >= 0.6 is 27.5 Å². The van der Waals surface area contributed by atoms with E-state index in [1.54, 1.807) is 4.68 Å². The molecular weight excluding hydrogens is 317 g/mol. The predicted molar refractivity (Wildman–Crippen MR) is 65.5 cm³/mol. The Morgan fingerprint density at radius 3 is 2.53 bits per heavy atom. The second-order valence-corrected chi connectivity index (χ2v) is 4.94. The molecule has 0 aliphatic heterocycles. The lowest BCUT2D eigenvalue weighted by Gasteiger charge is -2.16. The topological polar surface area (TPSA) is 38.0 Å². The molecule has 0 aliphatic carbocycles. The lowest BCUT2D eigenvalue weighted by atomic mass is 10.2. The maximum absolute atomic E-state index is 12.7. The van der Waals surface area contributed by atoms with E-state index < -0.39 is 11.5 Å². The summed E-state index contributed by atoms with van der Waals surface area (Å²) in [6.07, 6.45) is -1.47. The number of halogens is 4. The number of aryl methyl sites for hydroxylation is 2. The fourth-order valence-corrected chi connectivity index (χ4v) is 2.31. The second-order valence-electron chi connectivity index (χ2n) is 3.64. The van der Waals surface area contributed by atoms with Gasteiger partial charge in [-0.3, -0.25) is 4.68 Å². The summed E-state index contributed by atoms with van der Waals surface area (Å²) in [5.74, 6) is 0. The molecule has 1 unspecified atom stereocenters. The highest BCUT2D eigenvalue weighted by molar-refractivity contribution is 9.10. The van der Waals surface area contributed by atoms with Gasteiger partial charge in [0, 0.05) is 13.0 Å². The number of aromatic nitrogens is 2. The first-order valence-electron chi connectivity index (χ1n) is 5.30. The zero-order valence-corrected chi connectivity index (χ0v) is 11.9.